The Balaban J connectivity index is 1.91. The van der Waals surface area contributed by atoms with E-state index in [0.29, 0.717) is 6.04 Å². The average molecular weight is 239 g/mol. The first kappa shape index (κ1) is 12.1. The molecule has 0 bridgehead atoms. The summed E-state index contributed by atoms with van der Waals surface area (Å²) in [5.74, 6) is 3.57. The van der Waals surface area contributed by atoms with Gasteiger partial charge in [0.15, 0.2) is 0 Å². The molecule has 1 saturated heterocycles. The van der Waals surface area contributed by atoms with Gasteiger partial charge < -0.3 is 9.73 Å². The molecule has 90 valence electrons. The Morgan fingerprint density at radius 2 is 2.31 bits per heavy atom. The van der Waals surface area contributed by atoms with Crippen molar-refractivity contribution in [3.63, 3.8) is 0 Å². The second-order valence-electron chi connectivity index (χ2n) is 4.46. The maximum atomic E-state index is 5.19. The van der Waals surface area contributed by atoms with Gasteiger partial charge in [0.1, 0.15) is 0 Å². The fourth-order valence-electron chi connectivity index (χ4n) is 2.37. The van der Waals surface area contributed by atoms with Gasteiger partial charge in [-0.25, -0.2) is 0 Å². The Bertz CT molecular complexity index is 280. The Morgan fingerprint density at radius 1 is 1.50 bits per heavy atom. The molecule has 0 aromatic carbocycles. The minimum atomic E-state index is 0.483. The van der Waals surface area contributed by atoms with Gasteiger partial charge in [0.05, 0.1) is 12.5 Å². The molecule has 0 saturated carbocycles. The van der Waals surface area contributed by atoms with Crippen LogP contribution < -0.4 is 5.32 Å². The zero-order chi connectivity index (χ0) is 11.2. The lowest BCUT2D eigenvalue weighted by molar-refractivity contribution is 0.372. The molecule has 1 fully saturated rings. The molecule has 1 N–H and O–H groups in total. The van der Waals surface area contributed by atoms with E-state index in [9.17, 15) is 0 Å². The topological polar surface area (TPSA) is 25.2 Å². The molecule has 2 nitrogen and oxygen atoms in total. The summed E-state index contributed by atoms with van der Waals surface area (Å²) in [6.45, 7) is 3.20. The van der Waals surface area contributed by atoms with Gasteiger partial charge in [-0.05, 0) is 49.3 Å². The normalized spacial score (nSPS) is 19.8. The maximum Gasteiger partial charge on any atom is 0.0950 e. The third-order valence-electron chi connectivity index (χ3n) is 3.31. The Morgan fingerprint density at radius 3 is 2.94 bits per heavy atom. The van der Waals surface area contributed by atoms with E-state index in [1.807, 2.05) is 6.26 Å². The van der Waals surface area contributed by atoms with E-state index in [0.717, 1.165) is 12.5 Å². The summed E-state index contributed by atoms with van der Waals surface area (Å²) in [7, 11) is 0. The van der Waals surface area contributed by atoms with Crippen LogP contribution in [0.5, 0.6) is 0 Å². The first-order chi connectivity index (χ1) is 7.90. The summed E-state index contributed by atoms with van der Waals surface area (Å²) in [5, 5.41) is 3.57. The zero-order valence-electron chi connectivity index (χ0n) is 9.95. The van der Waals surface area contributed by atoms with E-state index in [4.69, 9.17) is 4.42 Å². The van der Waals surface area contributed by atoms with Gasteiger partial charge in [0, 0.05) is 11.6 Å². The number of hydrogen-bond donors (Lipinski definition) is 1. The molecule has 0 amide bonds. The molecule has 3 heteroatoms. The Hall–Kier alpha value is -0.410. The predicted octanol–water partition coefficient (Wildman–Crippen LogP) is 3.46. The van der Waals surface area contributed by atoms with Crippen LogP contribution in [0.15, 0.2) is 23.0 Å². The van der Waals surface area contributed by atoms with Crippen LogP contribution in [0.1, 0.15) is 37.8 Å². The van der Waals surface area contributed by atoms with Crippen molar-refractivity contribution < 1.29 is 4.42 Å². The van der Waals surface area contributed by atoms with Crippen LogP contribution >= 0.6 is 11.8 Å². The van der Waals surface area contributed by atoms with E-state index < -0.39 is 0 Å². The van der Waals surface area contributed by atoms with Crippen molar-refractivity contribution in [1.29, 1.82) is 0 Å². The van der Waals surface area contributed by atoms with E-state index in [1.54, 1.807) is 6.26 Å². The summed E-state index contributed by atoms with van der Waals surface area (Å²) in [6.07, 6.45) is 7.67. The molecular weight excluding hydrogens is 218 g/mol. The number of nitrogens with one attached hydrogen (secondary N) is 1. The van der Waals surface area contributed by atoms with Gasteiger partial charge in [-0.15, -0.1) is 0 Å². The van der Waals surface area contributed by atoms with Gasteiger partial charge in [-0.3, -0.25) is 0 Å². The molecule has 1 aliphatic heterocycles. The highest BCUT2D eigenvalue weighted by Crippen LogP contribution is 2.31. The van der Waals surface area contributed by atoms with Crippen LogP contribution in [0, 0.1) is 5.92 Å². The molecule has 1 aromatic heterocycles. The van der Waals surface area contributed by atoms with Crippen LogP contribution in [0.2, 0.25) is 0 Å². The van der Waals surface area contributed by atoms with E-state index in [2.05, 4.69) is 30.1 Å². The van der Waals surface area contributed by atoms with Crippen LogP contribution in [0.25, 0.3) is 0 Å². The minimum absolute atomic E-state index is 0.483. The average Bonchev–Trinajstić information content (AvgIpc) is 2.83. The van der Waals surface area contributed by atoms with Gasteiger partial charge in [0.25, 0.3) is 0 Å². The van der Waals surface area contributed by atoms with Gasteiger partial charge in [-0.1, -0.05) is 6.92 Å². The summed E-state index contributed by atoms with van der Waals surface area (Å²) in [5.41, 5.74) is 1.31. The number of furan rings is 1. The van der Waals surface area contributed by atoms with Crippen LogP contribution in [-0.2, 0) is 0 Å². The molecule has 0 spiro atoms. The highest BCUT2D eigenvalue weighted by atomic mass is 32.2. The summed E-state index contributed by atoms with van der Waals surface area (Å²) in [4.78, 5) is 0. The third kappa shape index (κ3) is 3.29. The fourth-order valence-corrected chi connectivity index (χ4v) is 3.58. The molecule has 16 heavy (non-hydrogen) atoms. The first-order valence-electron chi connectivity index (χ1n) is 6.23. The second-order valence-corrected chi connectivity index (χ2v) is 5.68. The third-order valence-corrected chi connectivity index (χ3v) is 4.35. The molecule has 2 heterocycles. The first-order valence-corrected chi connectivity index (χ1v) is 7.39. The lowest BCUT2D eigenvalue weighted by Crippen LogP contribution is -2.24. The fraction of sp³-hybridized carbons (Fsp3) is 0.692. The quantitative estimate of drug-likeness (QED) is 0.852. The summed E-state index contributed by atoms with van der Waals surface area (Å²) >= 11 is 2.10. The second kappa shape index (κ2) is 6.36. The van der Waals surface area contributed by atoms with Crippen LogP contribution in [0.3, 0.4) is 0 Å². The van der Waals surface area contributed by atoms with Crippen molar-refractivity contribution in [2.24, 2.45) is 5.92 Å². The molecule has 1 atom stereocenters. The van der Waals surface area contributed by atoms with Crippen molar-refractivity contribution in [1.82, 2.24) is 5.32 Å². The zero-order valence-corrected chi connectivity index (χ0v) is 10.8. The lowest BCUT2D eigenvalue weighted by atomic mass is 9.92. The largest absolute Gasteiger partial charge is 0.472 e. The molecular formula is C13H21NOS. The maximum absolute atomic E-state index is 5.19. The molecule has 1 aromatic rings. The van der Waals surface area contributed by atoms with Gasteiger partial charge in [0.2, 0.25) is 0 Å². The van der Waals surface area contributed by atoms with Crippen molar-refractivity contribution in [2.75, 3.05) is 18.1 Å². The monoisotopic (exact) mass is 239 g/mol. The van der Waals surface area contributed by atoms with Crippen molar-refractivity contribution in [3.8, 4) is 0 Å². The van der Waals surface area contributed by atoms with Crippen molar-refractivity contribution >= 4 is 11.8 Å². The highest BCUT2D eigenvalue weighted by molar-refractivity contribution is 7.99. The standard InChI is InChI=1S/C13H21NOS/c1-2-14-13(12-3-6-15-10-12)9-11-4-7-16-8-5-11/h3,6,10-11,13-14H,2,4-5,7-9H2,1H3. The molecule has 1 unspecified atom stereocenters. The SMILES string of the molecule is CCNC(CC1CCSCC1)c1ccoc1. The lowest BCUT2D eigenvalue weighted by Gasteiger charge is -2.26. The van der Waals surface area contributed by atoms with Crippen LogP contribution in [0.4, 0.5) is 0 Å². The van der Waals surface area contributed by atoms with Gasteiger partial charge >= 0.3 is 0 Å². The molecule has 0 aliphatic carbocycles. The van der Waals surface area contributed by atoms with Crippen molar-refractivity contribution in [3.05, 3.63) is 24.2 Å². The van der Waals surface area contributed by atoms with Gasteiger partial charge in [-0.2, -0.15) is 11.8 Å². The Labute approximate surface area is 102 Å². The summed E-state index contributed by atoms with van der Waals surface area (Å²) < 4.78 is 5.19. The Kier molecular flexibility index (Phi) is 4.79. The summed E-state index contributed by atoms with van der Waals surface area (Å²) in [6, 6.07) is 2.57. The molecule has 2 rings (SSSR count). The van der Waals surface area contributed by atoms with E-state index >= 15 is 0 Å². The smallest absolute Gasteiger partial charge is 0.0950 e. The molecule has 0 radical (unpaired) electrons. The van der Waals surface area contributed by atoms with Crippen LogP contribution in [-0.4, -0.2) is 18.1 Å². The van der Waals surface area contributed by atoms with E-state index in [-0.39, 0.29) is 0 Å². The number of rotatable bonds is 5. The number of thioether (sulfide) groups is 1. The minimum Gasteiger partial charge on any atom is -0.472 e. The number of hydrogen-bond acceptors (Lipinski definition) is 3. The highest BCUT2D eigenvalue weighted by Gasteiger charge is 2.20. The predicted molar refractivity (Wildman–Crippen MR) is 69.8 cm³/mol. The van der Waals surface area contributed by atoms with Crippen molar-refractivity contribution in [2.45, 2.75) is 32.2 Å². The van der Waals surface area contributed by atoms with E-state index in [1.165, 1.54) is 36.3 Å². The molecule has 1 aliphatic rings.